The van der Waals surface area contributed by atoms with Crippen LogP contribution >= 0.6 is 0 Å². The Labute approximate surface area is 204 Å². The molecule has 0 aliphatic carbocycles. The van der Waals surface area contributed by atoms with Gasteiger partial charge in [0.15, 0.2) is 12.0 Å². The van der Waals surface area contributed by atoms with Gasteiger partial charge in [-0.3, -0.25) is 19.4 Å². The number of carboxylic acids is 1. The molecule has 0 saturated carbocycles. The molecule has 1 aliphatic rings. The standard InChI is InChI=1S/C21H40N8O6/c1-12(30)16(20(34)35)28-18(32)15-8-5-11-29(15)19(33)14(7-2-3-9-22)27-17(31)13(23)6-4-10-26-21(24)25/h12-16,30H,2-11,22-23H2,1H3,(H,27,31)(H,28,32)(H,34,35)(H4,24,25,26). The first-order valence-electron chi connectivity index (χ1n) is 11.8. The van der Waals surface area contributed by atoms with Crippen LogP contribution in [0, 0.1) is 0 Å². The maximum atomic E-state index is 13.3. The summed E-state index contributed by atoms with van der Waals surface area (Å²) < 4.78 is 0. The number of carboxylic acid groups (broad SMARTS) is 1. The number of nitrogens with one attached hydrogen (secondary N) is 2. The Bertz CT molecular complexity index is 758. The first-order valence-corrected chi connectivity index (χ1v) is 11.8. The smallest absolute Gasteiger partial charge is 0.328 e. The molecule has 1 rings (SSSR count). The summed E-state index contributed by atoms with van der Waals surface area (Å²) in [7, 11) is 0. The molecular weight excluding hydrogens is 460 g/mol. The molecule has 1 fully saturated rings. The predicted octanol–water partition coefficient (Wildman–Crippen LogP) is -3.08. The molecule has 0 bridgehead atoms. The van der Waals surface area contributed by atoms with Crippen LogP contribution in [0.4, 0.5) is 0 Å². The SMILES string of the molecule is CC(O)C(NC(=O)C1CCCN1C(=O)C(CCCCN)NC(=O)C(N)CCCN=C(N)N)C(=O)O. The number of aliphatic imine (C=N–C) groups is 1. The molecule has 3 amide bonds. The molecule has 0 radical (unpaired) electrons. The van der Waals surface area contributed by atoms with E-state index in [4.69, 9.17) is 22.9 Å². The number of hydrogen-bond donors (Lipinski definition) is 8. The number of nitrogens with zero attached hydrogens (tertiary/aromatic N) is 2. The number of carbonyl (C=O) groups excluding carboxylic acids is 3. The molecule has 1 saturated heterocycles. The highest BCUT2D eigenvalue weighted by Gasteiger charge is 2.39. The van der Waals surface area contributed by atoms with Crippen LogP contribution in [-0.4, -0.2) is 94.7 Å². The topological polar surface area (TPSA) is 252 Å². The second-order valence-corrected chi connectivity index (χ2v) is 8.66. The minimum atomic E-state index is -1.50. The van der Waals surface area contributed by atoms with Crippen molar-refractivity contribution in [2.75, 3.05) is 19.6 Å². The molecule has 5 atom stereocenters. The van der Waals surface area contributed by atoms with Crippen LogP contribution in [0.2, 0.25) is 0 Å². The second-order valence-electron chi connectivity index (χ2n) is 8.66. The summed E-state index contributed by atoms with van der Waals surface area (Å²) in [6.07, 6.45) is 1.83. The number of hydrogen-bond acceptors (Lipinski definition) is 8. The van der Waals surface area contributed by atoms with E-state index in [9.17, 15) is 29.4 Å². The Balaban J connectivity index is 2.88. The summed E-state index contributed by atoms with van der Waals surface area (Å²) in [5.74, 6) is -3.08. The van der Waals surface area contributed by atoms with Crippen molar-refractivity contribution >= 4 is 29.7 Å². The molecule has 1 aliphatic heterocycles. The van der Waals surface area contributed by atoms with Gasteiger partial charge in [-0.05, 0) is 58.4 Å². The number of likely N-dealkylation sites (tertiary alicyclic amines) is 1. The quantitative estimate of drug-likeness (QED) is 0.0639. The fraction of sp³-hybridized carbons (Fsp3) is 0.762. The number of aliphatic hydroxyl groups is 1. The predicted molar refractivity (Wildman–Crippen MR) is 129 cm³/mol. The second kappa shape index (κ2) is 15.1. The summed E-state index contributed by atoms with van der Waals surface area (Å²) in [4.78, 5) is 55.3. The molecule has 35 heavy (non-hydrogen) atoms. The summed E-state index contributed by atoms with van der Waals surface area (Å²) >= 11 is 0. The van der Waals surface area contributed by atoms with Crippen LogP contribution in [-0.2, 0) is 19.2 Å². The Kier molecular flexibility index (Phi) is 13.0. The number of nitrogens with two attached hydrogens (primary N) is 4. The lowest BCUT2D eigenvalue weighted by Gasteiger charge is -2.30. The highest BCUT2D eigenvalue weighted by molar-refractivity contribution is 5.94. The van der Waals surface area contributed by atoms with Crippen molar-refractivity contribution in [3.63, 3.8) is 0 Å². The summed E-state index contributed by atoms with van der Waals surface area (Å²) in [6.45, 7) is 2.26. The van der Waals surface area contributed by atoms with Gasteiger partial charge in [0.05, 0.1) is 12.1 Å². The third kappa shape index (κ3) is 10.0. The van der Waals surface area contributed by atoms with E-state index in [1.807, 2.05) is 0 Å². The van der Waals surface area contributed by atoms with Gasteiger partial charge in [0, 0.05) is 13.1 Å². The van der Waals surface area contributed by atoms with Gasteiger partial charge in [-0.15, -0.1) is 0 Å². The summed E-state index contributed by atoms with van der Waals surface area (Å²) in [5, 5.41) is 23.9. The molecule has 0 spiro atoms. The number of carbonyl (C=O) groups is 4. The van der Waals surface area contributed by atoms with Crippen molar-refractivity contribution in [2.24, 2.45) is 27.9 Å². The normalized spacial score (nSPS) is 18.7. The van der Waals surface area contributed by atoms with Gasteiger partial charge in [-0.2, -0.15) is 0 Å². The van der Waals surface area contributed by atoms with E-state index in [0.717, 1.165) is 0 Å². The third-order valence-corrected chi connectivity index (χ3v) is 5.75. The van der Waals surface area contributed by atoms with Crippen molar-refractivity contribution in [3.05, 3.63) is 0 Å². The van der Waals surface area contributed by atoms with Gasteiger partial charge in [-0.25, -0.2) is 4.79 Å². The third-order valence-electron chi connectivity index (χ3n) is 5.75. The molecule has 0 aromatic carbocycles. The van der Waals surface area contributed by atoms with Gasteiger partial charge in [0.25, 0.3) is 0 Å². The van der Waals surface area contributed by atoms with Gasteiger partial charge < -0.3 is 48.7 Å². The fourth-order valence-electron chi connectivity index (χ4n) is 3.82. The Morgan fingerprint density at radius 1 is 1.11 bits per heavy atom. The number of unbranched alkanes of at least 4 members (excludes halogenated alkanes) is 1. The van der Waals surface area contributed by atoms with Crippen LogP contribution in [0.15, 0.2) is 4.99 Å². The lowest BCUT2D eigenvalue weighted by molar-refractivity contribution is -0.147. The fourth-order valence-corrected chi connectivity index (χ4v) is 3.82. The molecule has 0 aromatic heterocycles. The van der Waals surface area contributed by atoms with E-state index in [1.165, 1.54) is 11.8 Å². The van der Waals surface area contributed by atoms with E-state index in [-0.39, 0.29) is 12.5 Å². The molecule has 1 heterocycles. The molecular formula is C21H40N8O6. The minimum absolute atomic E-state index is 0.0547. The van der Waals surface area contributed by atoms with Crippen molar-refractivity contribution in [2.45, 2.75) is 82.1 Å². The molecule has 14 nitrogen and oxygen atoms in total. The van der Waals surface area contributed by atoms with Gasteiger partial charge in [0.2, 0.25) is 17.7 Å². The molecule has 14 heteroatoms. The molecule has 0 aromatic rings. The van der Waals surface area contributed by atoms with Crippen LogP contribution in [0.5, 0.6) is 0 Å². The van der Waals surface area contributed by atoms with Crippen LogP contribution < -0.4 is 33.6 Å². The van der Waals surface area contributed by atoms with Crippen molar-refractivity contribution < 1.29 is 29.4 Å². The first kappa shape index (κ1) is 30.1. The molecule has 200 valence electrons. The lowest BCUT2D eigenvalue weighted by Crippen LogP contribution is -2.57. The van der Waals surface area contributed by atoms with E-state index >= 15 is 0 Å². The Morgan fingerprint density at radius 2 is 1.80 bits per heavy atom. The summed E-state index contributed by atoms with van der Waals surface area (Å²) in [5.41, 5.74) is 22.1. The zero-order chi connectivity index (χ0) is 26.5. The average Bonchev–Trinajstić information content (AvgIpc) is 3.28. The number of aliphatic carboxylic acids is 1. The Hall–Kier alpha value is -2.97. The highest BCUT2D eigenvalue weighted by Crippen LogP contribution is 2.20. The van der Waals surface area contributed by atoms with Gasteiger partial charge in [-0.1, -0.05) is 0 Å². The largest absolute Gasteiger partial charge is 0.480 e. The monoisotopic (exact) mass is 500 g/mol. The number of rotatable bonds is 15. The van der Waals surface area contributed by atoms with Gasteiger partial charge >= 0.3 is 5.97 Å². The van der Waals surface area contributed by atoms with Crippen molar-refractivity contribution in [1.29, 1.82) is 0 Å². The van der Waals surface area contributed by atoms with Crippen molar-refractivity contribution in [3.8, 4) is 0 Å². The lowest BCUT2D eigenvalue weighted by atomic mass is 10.1. The highest BCUT2D eigenvalue weighted by atomic mass is 16.4. The van der Waals surface area contributed by atoms with Crippen molar-refractivity contribution in [1.82, 2.24) is 15.5 Å². The number of aliphatic hydroxyl groups excluding tert-OH is 1. The van der Waals surface area contributed by atoms with Crippen LogP contribution in [0.25, 0.3) is 0 Å². The van der Waals surface area contributed by atoms with E-state index in [0.29, 0.717) is 58.0 Å². The van der Waals surface area contributed by atoms with E-state index in [1.54, 1.807) is 0 Å². The first-order chi connectivity index (χ1) is 16.5. The zero-order valence-corrected chi connectivity index (χ0v) is 20.2. The summed E-state index contributed by atoms with van der Waals surface area (Å²) in [6, 6.07) is -4.21. The Morgan fingerprint density at radius 3 is 2.37 bits per heavy atom. The van der Waals surface area contributed by atoms with E-state index in [2.05, 4.69) is 15.6 Å². The average molecular weight is 501 g/mol. The van der Waals surface area contributed by atoms with Crippen LogP contribution in [0.3, 0.4) is 0 Å². The molecule has 5 unspecified atom stereocenters. The minimum Gasteiger partial charge on any atom is -0.480 e. The van der Waals surface area contributed by atoms with Crippen LogP contribution in [0.1, 0.15) is 51.9 Å². The van der Waals surface area contributed by atoms with Gasteiger partial charge in [0.1, 0.15) is 12.1 Å². The molecule has 12 N–H and O–H groups in total. The maximum absolute atomic E-state index is 13.3. The number of amides is 3. The number of guanidine groups is 1. The maximum Gasteiger partial charge on any atom is 0.328 e. The van der Waals surface area contributed by atoms with E-state index < -0.39 is 54.0 Å². The zero-order valence-electron chi connectivity index (χ0n) is 20.2.